The van der Waals surface area contributed by atoms with Crippen LogP contribution in [0.2, 0.25) is 0 Å². The van der Waals surface area contributed by atoms with Gasteiger partial charge in [0.1, 0.15) is 0 Å². The second kappa shape index (κ2) is 4.18. The highest BCUT2D eigenvalue weighted by atomic mass is 32.3. The number of hydrogen-bond acceptors (Lipinski definition) is 4. The Morgan fingerprint density at radius 2 is 1.54 bits per heavy atom. The molecule has 2 N–H and O–H groups in total. The Labute approximate surface area is 76.8 Å². The van der Waals surface area contributed by atoms with E-state index in [0.29, 0.717) is 0 Å². The van der Waals surface area contributed by atoms with Crippen molar-refractivity contribution in [2.45, 2.75) is 17.4 Å². The van der Waals surface area contributed by atoms with E-state index in [-0.39, 0.29) is 6.42 Å². The van der Waals surface area contributed by atoms with E-state index < -0.39 is 31.2 Å². The quantitative estimate of drug-likeness (QED) is 0.510. The predicted molar refractivity (Wildman–Crippen MR) is 46.3 cm³/mol. The fourth-order valence-electron chi connectivity index (χ4n) is 0.705. The Morgan fingerprint density at radius 3 is 1.77 bits per heavy atom. The van der Waals surface area contributed by atoms with Gasteiger partial charge in [0.25, 0.3) is 20.2 Å². The van der Waals surface area contributed by atoms with Crippen molar-refractivity contribution in [3.8, 4) is 0 Å². The average molecular weight is 230 g/mol. The topological polar surface area (TPSA) is 109 Å². The first-order valence-electron chi connectivity index (χ1n) is 3.23. The zero-order chi connectivity index (χ0) is 10.7. The van der Waals surface area contributed by atoms with E-state index in [4.69, 9.17) is 9.11 Å². The van der Waals surface area contributed by atoms with Crippen molar-refractivity contribution >= 4 is 20.2 Å². The molecule has 0 aliphatic rings. The summed E-state index contributed by atoms with van der Waals surface area (Å²) >= 11 is 0. The van der Waals surface area contributed by atoms with Crippen LogP contribution in [0.1, 0.15) is 12.8 Å². The van der Waals surface area contributed by atoms with Crippen LogP contribution in [0, 0.1) is 0 Å². The maximum absolute atomic E-state index is 10.5. The van der Waals surface area contributed by atoms with Crippen molar-refractivity contribution in [2.24, 2.45) is 0 Å². The van der Waals surface area contributed by atoms with Crippen molar-refractivity contribution < 1.29 is 25.9 Å². The predicted octanol–water partition coefficient (Wildman–Crippen LogP) is 0.0543. The molecule has 0 saturated heterocycles. The molecule has 0 aromatic rings. The summed E-state index contributed by atoms with van der Waals surface area (Å²) in [6, 6.07) is 0. The number of allylic oxidation sites excluding steroid dienone is 1. The lowest BCUT2D eigenvalue weighted by Crippen LogP contribution is -2.29. The van der Waals surface area contributed by atoms with Crippen molar-refractivity contribution in [3.63, 3.8) is 0 Å². The smallest absolute Gasteiger partial charge is 0.284 e. The van der Waals surface area contributed by atoms with Gasteiger partial charge >= 0.3 is 0 Å². The zero-order valence-corrected chi connectivity index (χ0v) is 8.25. The van der Waals surface area contributed by atoms with Crippen molar-refractivity contribution in [1.82, 2.24) is 0 Å². The highest BCUT2D eigenvalue weighted by Crippen LogP contribution is 2.13. The molecular weight excluding hydrogens is 220 g/mol. The van der Waals surface area contributed by atoms with Crippen LogP contribution >= 0.6 is 0 Å². The Balaban J connectivity index is 4.90. The van der Waals surface area contributed by atoms with Gasteiger partial charge in [0.05, 0.1) is 0 Å². The number of rotatable bonds is 5. The normalized spacial score (nSPS) is 13.2. The van der Waals surface area contributed by atoms with E-state index in [1.807, 2.05) is 0 Å². The standard InChI is InChI=1S/C5H10O6S2/c1-2-3-4-5(12(6,7)8)13(9,10)11/h2,5H,1,3-4H2,(H,6,7,8)(H,9,10,11). The molecule has 0 aromatic carbocycles. The van der Waals surface area contributed by atoms with Gasteiger partial charge in [0.15, 0.2) is 0 Å². The van der Waals surface area contributed by atoms with Gasteiger partial charge in [-0.25, -0.2) is 0 Å². The van der Waals surface area contributed by atoms with Gasteiger partial charge in [0.2, 0.25) is 4.58 Å². The van der Waals surface area contributed by atoms with Crippen LogP contribution in [-0.4, -0.2) is 30.5 Å². The van der Waals surface area contributed by atoms with E-state index in [1.165, 1.54) is 6.08 Å². The molecule has 0 rings (SSSR count). The summed E-state index contributed by atoms with van der Waals surface area (Å²) in [6.45, 7) is 3.24. The molecule has 0 aromatic heterocycles. The Morgan fingerprint density at radius 1 is 1.15 bits per heavy atom. The molecule has 6 nitrogen and oxygen atoms in total. The van der Waals surface area contributed by atoms with Crippen LogP contribution in [0.25, 0.3) is 0 Å². The fourth-order valence-corrected chi connectivity index (χ4v) is 2.80. The maximum Gasteiger partial charge on any atom is 0.284 e. The van der Waals surface area contributed by atoms with Gasteiger partial charge in [-0.3, -0.25) is 9.11 Å². The fraction of sp³-hybridized carbons (Fsp3) is 0.600. The molecule has 13 heavy (non-hydrogen) atoms. The third-order valence-corrected chi connectivity index (χ3v) is 4.53. The minimum absolute atomic E-state index is 0.0598. The highest BCUT2D eigenvalue weighted by molar-refractivity contribution is 8.03. The second-order valence-electron chi connectivity index (χ2n) is 2.33. The minimum Gasteiger partial charge on any atom is -0.284 e. The highest BCUT2D eigenvalue weighted by Gasteiger charge is 2.34. The summed E-state index contributed by atoms with van der Waals surface area (Å²) in [7, 11) is -9.56. The SMILES string of the molecule is C=CCCC(S(=O)(=O)O)S(=O)(=O)O. The Bertz CT molecular complexity index is 332. The largest absolute Gasteiger partial charge is 0.284 e. The molecule has 0 radical (unpaired) electrons. The molecule has 0 unspecified atom stereocenters. The van der Waals surface area contributed by atoms with Crippen LogP contribution in [0.5, 0.6) is 0 Å². The van der Waals surface area contributed by atoms with Crippen LogP contribution in [0.15, 0.2) is 12.7 Å². The summed E-state index contributed by atoms with van der Waals surface area (Å²) in [5.74, 6) is 0. The zero-order valence-electron chi connectivity index (χ0n) is 6.62. The van der Waals surface area contributed by atoms with Gasteiger partial charge in [-0.15, -0.1) is 6.58 Å². The molecule has 0 bridgehead atoms. The van der Waals surface area contributed by atoms with E-state index in [9.17, 15) is 16.8 Å². The molecule has 0 spiro atoms. The molecule has 0 aliphatic carbocycles. The van der Waals surface area contributed by atoms with Crippen LogP contribution < -0.4 is 0 Å². The third-order valence-electron chi connectivity index (χ3n) is 1.27. The molecule has 0 heterocycles. The summed E-state index contributed by atoms with van der Waals surface area (Å²) in [6.07, 6.45) is 0.925. The Kier molecular flexibility index (Phi) is 4.04. The molecular formula is C5H10O6S2. The van der Waals surface area contributed by atoms with Crippen molar-refractivity contribution in [2.75, 3.05) is 0 Å². The van der Waals surface area contributed by atoms with E-state index in [1.54, 1.807) is 0 Å². The first kappa shape index (κ1) is 12.6. The van der Waals surface area contributed by atoms with E-state index in [0.717, 1.165) is 0 Å². The van der Waals surface area contributed by atoms with Crippen LogP contribution in [-0.2, 0) is 20.2 Å². The molecule has 0 atom stereocenters. The minimum atomic E-state index is -4.78. The summed E-state index contributed by atoms with van der Waals surface area (Å²) in [5, 5.41) is 0. The number of hydrogen-bond donors (Lipinski definition) is 2. The van der Waals surface area contributed by atoms with Gasteiger partial charge in [-0.2, -0.15) is 16.8 Å². The first-order valence-corrected chi connectivity index (χ1v) is 6.23. The monoisotopic (exact) mass is 230 g/mol. The van der Waals surface area contributed by atoms with Gasteiger partial charge in [-0.1, -0.05) is 6.08 Å². The van der Waals surface area contributed by atoms with Crippen LogP contribution in [0.4, 0.5) is 0 Å². The van der Waals surface area contributed by atoms with Crippen molar-refractivity contribution in [1.29, 1.82) is 0 Å². The third kappa shape index (κ3) is 4.36. The lowest BCUT2D eigenvalue weighted by atomic mass is 10.3. The van der Waals surface area contributed by atoms with Gasteiger partial charge in [-0.05, 0) is 12.8 Å². The molecule has 0 saturated carbocycles. The average Bonchev–Trinajstić information content (AvgIpc) is 1.81. The maximum atomic E-state index is 10.5. The van der Waals surface area contributed by atoms with Gasteiger partial charge in [0, 0.05) is 0 Å². The molecule has 78 valence electrons. The van der Waals surface area contributed by atoms with Gasteiger partial charge < -0.3 is 0 Å². The molecule has 0 amide bonds. The molecule has 0 aliphatic heterocycles. The van der Waals surface area contributed by atoms with Crippen LogP contribution in [0.3, 0.4) is 0 Å². The molecule has 0 fully saturated rings. The summed E-state index contributed by atoms with van der Waals surface area (Å²) in [5.41, 5.74) is 0. The van der Waals surface area contributed by atoms with E-state index in [2.05, 4.69) is 6.58 Å². The van der Waals surface area contributed by atoms with Crippen molar-refractivity contribution in [3.05, 3.63) is 12.7 Å². The van der Waals surface area contributed by atoms with E-state index >= 15 is 0 Å². The summed E-state index contributed by atoms with van der Waals surface area (Å²) in [4.78, 5) is 0. The lowest BCUT2D eigenvalue weighted by Gasteiger charge is -2.08. The summed E-state index contributed by atoms with van der Waals surface area (Å²) < 4.78 is 56.6. The Hall–Kier alpha value is -0.440. The molecule has 8 heteroatoms. The first-order chi connectivity index (χ1) is 5.69. The second-order valence-corrected chi connectivity index (χ2v) is 5.82. The lowest BCUT2D eigenvalue weighted by molar-refractivity contribution is 0.451.